The van der Waals surface area contributed by atoms with Crippen molar-refractivity contribution < 1.29 is 19.1 Å². The Bertz CT molecular complexity index is 247. The first kappa shape index (κ1) is 24.0. The summed E-state index contributed by atoms with van der Waals surface area (Å²) in [4.78, 5) is 22.3. The van der Waals surface area contributed by atoms with Gasteiger partial charge in [0.05, 0.1) is 11.8 Å². The molecule has 1 unspecified atom stereocenters. The van der Waals surface area contributed by atoms with Gasteiger partial charge in [-0.25, -0.2) is 0 Å². The van der Waals surface area contributed by atoms with E-state index in [4.69, 9.17) is 9.47 Å². The summed E-state index contributed by atoms with van der Waals surface area (Å²) in [5.41, 5.74) is -0.481. The first-order valence-electron chi connectivity index (χ1n) is 7.82. The van der Waals surface area contributed by atoms with Crippen LogP contribution >= 0.6 is 0 Å². The van der Waals surface area contributed by atoms with E-state index < -0.39 is 5.41 Å². The number of carbonyl (C=O) groups is 2. The lowest BCUT2D eigenvalue weighted by atomic mass is 9.90. The van der Waals surface area contributed by atoms with E-state index in [1.54, 1.807) is 0 Å². The molecular formula is C16H34O4. The third kappa shape index (κ3) is 9.82. The van der Waals surface area contributed by atoms with Crippen LogP contribution in [0.4, 0.5) is 0 Å². The van der Waals surface area contributed by atoms with Crippen molar-refractivity contribution in [1.29, 1.82) is 0 Å². The van der Waals surface area contributed by atoms with Crippen molar-refractivity contribution in [2.45, 2.75) is 81.3 Å². The maximum absolute atomic E-state index is 11.6. The number of hydrogen-bond acceptors (Lipinski definition) is 4. The molecule has 0 spiro atoms. The smallest absolute Gasteiger partial charge is 0.311 e. The molecule has 1 rings (SSSR count). The van der Waals surface area contributed by atoms with Crippen molar-refractivity contribution in [3.8, 4) is 0 Å². The number of ether oxygens (including phenoxy) is 2. The van der Waals surface area contributed by atoms with Gasteiger partial charge in [0.1, 0.15) is 12.7 Å². The van der Waals surface area contributed by atoms with E-state index in [2.05, 4.69) is 0 Å². The molecule has 0 radical (unpaired) electrons. The summed E-state index contributed by atoms with van der Waals surface area (Å²) in [6.07, 6.45) is 0.514. The monoisotopic (exact) mass is 290 g/mol. The van der Waals surface area contributed by atoms with Crippen LogP contribution in [0.25, 0.3) is 0 Å². The number of cyclic esters (lactones) is 1. The molecule has 1 aliphatic rings. The Morgan fingerprint density at radius 1 is 1.20 bits per heavy atom. The fourth-order valence-electron chi connectivity index (χ4n) is 1.02. The molecule has 0 aliphatic carbocycles. The van der Waals surface area contributed by atoms with Crippen LogP contribution in [0.2, 0.25) is 0 Å². The van der Waals surface area contributed by atoms with Crippen LogP contribution in [-0.4, -0.2) is 24.6 Å². The second kappa shape index (κ2) is 14.4. The molecule has 1 atom stereocenters. The topological polar surface area (TPSA) is 52.6 Å². The maximum atomic E-state index is 11.6. The Morgan fingerprint density at radius 3 is 1.95 bits per heavy atom. The molecule has 1 saturated heterocycles. The Hall–Kier alpha value is -1.06. The van der Waals surface area contributed by atoms with Gasteiger partial charge in [0.2, 0.25) is 0 Å². The zero-order chi connectivity index (χ0) is 16.8. The fourth-order valence-corrected chi connectivity index (χ4v) is 1.02. The van der Waals surface area contributed by atoms with Crippen LogP contribution < -0.4 is 0 Å². The average Bonchev–Trinajstić information content (AvgIpc) is 2.90. The van der Waals surface area contributed by atoms with Gasteiger partial charge in [0, 0.05) is 0 Å². The van der Waals surface area contributed by atoms with Crippen molar-refractivity contribution in [1.82, 2.24) is 0 Å². The molecule has 0 aromatic carbocycles. The van der Waals surface area contributed by atoms with Crippen LogP contribution in [0.1, 0.15) is 75.2 Å². The average molecular weight is 290 g/mol. The van der Waals surface area contributed by atoms with E-state index >= 15 is 0 Å². The van der Waals surface area contributed by atoms with Crippen molar-refractivity contribution in [3.05, 3.63) is 0 Å². The lowest BCUT2D eigenvalue weighted by Crippen LogP contribution is -2.30. The van der Waals surface area contributed by atoms with E-state index in [0.29, 0.717) is 6.42 Å². The molecule has 4 heteroatoms. The summed E-state index contributed by atoms with van der Waals surface area (Å²) < 4.78 is 9.85. The molecule has 0 amide bonds. The van der Waals surface area contributed by atoms with Gasteiger partial charge >= 0.3 is 11.9 Å². The first-order valence-corrected chi connectivity index (χ1v) is 7.82. The van der Waals surface area contributed by atoms with Crippen LogP contribution in [0.3, 0.4) is 0 Å². The van der Waals surface area contributed by atoms with Crippen LogP contribution in [-0.2, 0) is 19.1 Å². The van der Waals surface area contributed by atoms with Gasteiger partial charge in [-0.1, -0.05) is 48.5 Å². The SMILES string of the molecule is CC.CC.CC.CCC(C)(C)C(=O)OC1COC(=O)C1. The van der Waals surface area contributed by atoms with Crippen LogP contribution in [0.5, 0.6) is 0 Å². The highest BCUT2D eigenvalue weighted by Crippen LogP contribution is 2.23. The largest absolute Gasteiger partial charge is 0.462 e. The predicted molar refractivity (Wildman–Crippen MR) is 83.6 cm³/mol. The van der Waals surface area contributed by atoms with Gasteiger partial charge in [-0.05, 0) is 20.3 Å². The lowest BCUT2D eigenvalue weighted by Gasteiger charge is -2.22. The van der Waals surface area contributed by atoms with Gasteiger partial charge in [-0.2, -0.15) is 0 Å². The Morgan fingerprint density at radius 2 is 1.65 bits per heavy atom. The van der Waals surface area contributed by atoms with E-state index in [0.717, 1.165) is 0 Å². The molecule has 122 valence electrons. The van der Waals surface area contributed by atoms with Gasteiger partial charge < -0.3 is 9.47 Å². The van der Waals surface area contributed by atoms with Crippen molar-refractivity contribution in [2.24, 2.45) is 5.41 Å². The Labute approximate surface area is 125 Å². The molecule has 20 heavy (non-hydrogen) atoms. The highest BCUT2D eigenvalue weighted by molar-refractivity contribution is 5.77. The minimum absolute atomic E-state index is 0.186. The summed E-state index contributed by atoms with van der Waals surface area (Å²) in [6, 6.07) is 0. The zero-order valence-corrected chi connectivity index (χ0v) is 14.8. The summed E-state index contributed by atoms with van der Waals surface area (Å²) in [6.45, 7) is 17.8. The Balaban J connectivity index is -0.000000425. The van der Waals surface area contributed by atoms with E-state index in [1.807, 2.05) is 62.3 Å². The number of hydrogen-bond donors (Lipinski definition) is 0. The van der Waals surface area contributed by atoms with Crippen molar-refractivity contribution in [2.75, 3.05) is 6.61 Å². The van der Waals surface area contributed by atoms with E-state index in [-0.39, 0.29) is 31.1 Å². The van der Waals surface area contributed by atoms with E-state index in [9.17, 15) is 9.59 Å². The lowest BCUT2D eigenvalue weighted by molar-refractivity contribution is -0.159. The van der Waals surface area contributed by atoms with Gasteiger partial charge in [0.25, 0.3) is 0 Å². The molecule has 0 bridgehead atoms. The van der Waals surface area contributed by atoms with Crippen molar-refractivity contribution >= 4 is 11.9 Å². The molecule has 4 nitrogen and oxygen atoms in total. The molecule has 1 aliphatic heterocycles. The molecule has 0 aromatic rings. The summed E-state index contributed by atoms with van der Waals surface area (Å²) in [5.74, 6) is -0.555. The zero-order valence-electron chi connectivity index (χ0n) is 14.8. The van der Waals surface area contributed by atoms with Crippen LogP contribution in [0, 0.1) is 5.41 Å². The maximum Gasteiger partial charge on any atom is 0.311 e. The molecule has 0 saturated carbocycles. The molecule has 0 N–H and O–H groups in total. The van der Waals surface area contributed by atoms with Gasteiger partial charge in [-0.3, -0.25) is 9.59 Å². The molecule has 1 fully saturated rings. The minimum Gasteiger partial charge on any atom is -0.462 e. The highest BCUT2D eigenvalue weighted by Gasteiger charge is 2.33. The highest BCUT2D eigenvalue weighted by atomic mass is 16.6. The molecule has 0 aromatic heterocycles. The quantitative estimate of drug-likeness (QED) is 0.725. The fraction of sp³-hybridized carbons (Fsp3) is 0.875. The normalized spacial score (nSPS) is 16.2. The predicted octanol–water partition coefficient (Wildman–Crippen LogP) is 4.36. The Kier molecular flexibility index (Phi) is 17.2. The third-order valence-corrected chi connectivity index (χ3v) is 2.53. The summed E-state index contributed by atoms with van der Waals surface area (Å²) in [7, 11) is 0. The van der Waals surface area contributed by atoms with E-state index in [1.165, 1.54) is 0 Å². The number of esters is 2. The standard InChI is InChI=1S/C10H16O4.3C2H6/c1-4-10(2,3)9(12)14-7-5-8(11)13-6-7;3*1-2/h7H,4-6H2,1-3H3;3*1-2H3. The second-order valence-corrected chi connectivity index (χ2v) is 4.15. The third-order valence-electron chi connectivity index (χ3n) is 2.53. The van der Waals surface area contributed by atoms with Gasteiger partial charge in [-0.15, -0.1) is 0 Å². The number of rotatable bonds is 3. The molecule has 1 heterocycles. The van der Waals surface area contributed by atoms with Crippen molar-refractivity contribution in [3.63, 3.8) is 0 Å². The molecular weight excluding hydrogens is 256 g/mol. The second-order valence-electron chi connectivity index (χ2n) is 4.15. The summed E-state index contributed by atoms with van der Waals surface area (Å²) in [5, 5.41) is 0. The van der Waals surface area contributed by atoms with Crippen LogP contribution in [0.15, 0.2) is 0 Å². The minimum atomic E-state index is -0.481. The number of carbonyl (C=O) groups excluding carboxylic acids is 2. The van der Waals surface area contributed by atoms with Gasteiger partial charge in [0.15, 0.2) is 0 Å². The summed E-state index contributed by atoms with van der Waals surface area (Å²) >= 11 is 0. The first-order chi connectivity index (χ1) is 9.45.